The Balaban J connectivity index is 1.44. The van der Waals surface area contributed by atoms with E-state index in [1.54, 1.807) is 0 Å². The van der Waals surface area contributed by atoms with Crippen LogP contribution in [0.15, 0.2) is 47.4 Å². The maximum Gasteiger partial charge on any atom is 0.0672 e. The molecule has 2 aromatic carbocycles. The van der Waals surface area contributed by atoms with Gasteiger partial charge < -0.3 is 4.98 Å². The maximum atomic E-state index is 6.48. The van der Waals surface area contributed by atoms with Crippen LogP contribution in [0.3, 0.4) is 0 Å². The molecule has 3 aromatic rings. The third kappa shape index (κ3) is 3.77. The van der Waals surface area contributed by atoms with Crippen LogP contribution in [0.5, 0.6) is 0 Å². The van der Waals surface area contributed by atoms with Gasteiger partial charge in [-0.25, -0.2) is 0 Å². The fourth-order valence-electron chi connectivity index (χ4n) is 3.67. The average molecular weight is 405 g/mol. The first-order chi connectivity index (χ1) is 12.6. The van der Waals surface area contributed by atoms with Crippen molar-refractivity contribution >= 4 is 45.9 Å². The van der Waals surface area contributed by atoms with E-state index in [2.05, 4.69) is 47.1 Å². The summed E-state index contributed by atoms with van der Waals surface area (Å²) >= 11 is 14.8. The zero-order chi connectivity index (χ0) is 18.1. The summed E-state index contributed by atoms with van der Waals surface area (Å²) in [4.78, 5) is 7.23. The topological polar surface area (TPSA) is 19.0 Å². The summed E-state index contributed by atoms with van der Waals surface area (Å²) in [7, 11) is 0. The number of aryl methyl sites for hydroxylation is 1. The monoisotopic (exact) mass is 404 g/mol. The Labute approximate surface area is 168 Å². The van der Waals surface area contributed by atoms with Gasteiger partial charge in [0.15, 0.2) is 0 Å². The summed E-state index contributed by atoms with van der Waals surface area (Å²) < 4.78 is 0. The Hall–Kier alpha value is -1.13. The molecule has 0 saturated carbocycles. The molecule has 26 heavy (non-hydrogen) atoms. The number of thioether (sulfide) groups is 1. The van der Waals surface area contributed by atoms with Crippen molar-refractivity contribution < 1.29 is 0 Å². The second-order valence-corrected chi connectivity index (χ2v) is 9.06. The van der Waals surface area contributed by atoms with Gasteiger partial charge in [0.1, 0.15) is 0 Å². The van der Waals surface area contributed by atoms with Crippen molar-refractivity contribution in [3.63, 3.8) is 0 Å². The molecule has 5 heteroatoms. The van der Waals surface area contributed by atoms with Gasteiger partial charge in [-0.1, -0.05) is 53.5 Å². The number of H-pyrrole nitrogens is 1. The van der Waals surface area contributed by atoms with Crippen LogP contribution >= 0.6 is 35.0 Å². The lowest BCUT2D eigenvalue weighted by atomic mass is 10.1. The summed E-state index contributed by atoms with van der Waals surface area (Å²) in [6.45, 7) is 5.44. The summed E-state index contributed by atoms with van der Waals surface area (Å²) in [6, 6.07) is 14.5. The Morgan fingerprint density at radius 3 is 2.46 bits per heavy atom. The van der Waals surface area contributed by atoms with E-state index in [0.717, 1.165) is 46.3 Å². The number of hydrogen-bond donors (Lipinski definition) is 1. The molecule has 1 saturated heterocycles. The van der Waals surface area contributed by atoms with Gasteiger partial charge in [0.25, 0.3) is 0 Å². The van der Waals surface area contributed by atoms with E-state index in [-0.39, 0.29) is 0 Å². The van der Waals surface area contributed by atoms with E-state index in [9.17, 15) is 0 Å². The second-order valence-electron chi connectivity index (χ2n) is 6.94. The lowest BCUT2D eigenvalue weighted by Crippen LogP contribution is -2.34. The highest BCUT2D eigenvalue weighted by molar-refractivity contribution is 8.00. The first kappa shape index (κ1) is 18.2. The molecule has 1 aromatic heterocycles. The number of hydrogen-bond acceptors (Lipinski definition) is 2. The Kier molecular flexibility index (Phi) is 5.51. The summed E-state index contributed by atoms with van der Waals surface area (Å²) in [5.41, 5.74) is 3.51. The highest BCUT2D eigenvalue weighted by Gasteiger charge is 2.23. The Morgan fingerprint density at radius 1 is 1.04 bits per heavy atom. The number of nitrogens with zero attached hydrogens (tertiary/aromatic N) is 1. The molecular weight excluding hydrogens is 383 g/mol. The fourth-order valence-corrected chi connectivity index (χ4v) is 5.52. The van der Waals surface area contributed by atoms with Crippen LogP contribution in [0, 0.1) is 6.92 Å². The van der Waals surface area contributed by atoms with Crippen molar-refractivity contribution in [2.45, 2.75) is 36.5 Å². The molecule has 0 radical (unpaired) electrons. The second kappa shape index (κ2) is 7.85. The zero-order valence-corrected chi connectivity index (χ0v) is 17.1. The third-order valence-electron chi connectivity index (χ3n) is 5.05. The quantitative estimate of drug-likeness (QED) is 0.532. The van der Waals surface area contributed by atoms with Gasteiger partial charge in [-0.05, 0) is 50.6 Å². The molecule has 1 aliphatic heterocycles. The number of piperidine rings is 1. The van der Waals surface area contributed by atoms with Gasteiger partial charge >= 0.3 is 0 Å². The number of fused-ring (bicyclic) bond motifs is 1. The van der Waals surface area contributed by atoms with Crippen LogP contribution in [-0.4, -0.2) is 28.2 Å². The van der Waals surface area contributed by atoms with Crippen molar-refractivity contribution in [2.75, 3.05) is 13.1 Å². The predicted molar refractivity (Wildman–Crippen MR) is 114 cm³/mol. The van der Waals surface area contributed by atoms with Crippen molar-refractivity contribution in [3.8, 4) is 0 Å². The smallest absolute Gasteiger partial charge is 0.0672 e. The van der Waals surface area contributed by atoms with Crippen LogP contribution in [0.4, 0.5) is 0 Å². The highest BCUT2D eigenvalue weighted by atomic mass is 35.5. The molecule has 0 unspecified atom stereocenters. The van der Waals surface area contributed by atoms with Crippen molar-refractivity contribution in [1.82, 2.24) is 9.88 Å². The molecule has 0 atom stereocenters. The molecular formula is C21H22Cl2N2S. The lowest BCUT2D eigenvalue weighted by Gasteiger charge is -2.31. The standard InChI is InChI=1S/C21H22Cl2N2S/c1-14-21(19-17(22)7-8-18(23)20(19)24-14)26-16-9-11-25(12-10-16)13-15-5-3-2-4-6-15/h2-8,16,24H,9-13H2,1H3. The molecule has 1 aliphatic rings. The molecule has 0 aliphatic carbocycles. The average Bonchev–Trinajstić information content (AvgIpc) is 2.98. The number of aromatic nitrogens is 1. The minimum Gasteiger partial charge on any atom is -0.356 e. The van der Waals surface area contributed by atoms with E-state index in [1.807, 2.05) is 23.9 Å². The molecule has 1 fully saturated rings. The lowest BCUT2D eigenvalue weighted by molar-refractivity contribution is 0.225. The molecule has 2 nitrogen and oxygen atoms in total. The summed E-state index contributed by atoms with van der Waals surface area (Å²) in [6.07, 6.45) is 2.39. The van der Waals surface area contributed by atoms with Crippen molar-refractivity contribution in [1.29, 1.82) is 0 Å². The Bertz CT molecular complexity index is 899. The first-order valence-corrected chi connectivity index (χ1v) is 10.6. The molecule has 1 N–H and O–H groups in total. The number of nitrogens with one attached hydrogen (secondary N) is 1. The minimum absolute atomic E-state index is 0.620. The minimum atomic E-state index is 0.620. The maximum absolute atomic E-state index is 6.48. The van der Waals surface area contributed by atoms with Crippen LogP contribution in [0.1, 0.15) is 24.1 Å². The Morgan fingerprint density at radius 2 is 1.73 bits per heavy atom. The first-order valence-electron chi connectivity index (χ1n) is 9.01. The SMILES string of the molecule is Cc1[nH]c2c(Cl)ccc(Cl)c2c1SC1CCN(Cc2ccccc2)CC1. The predicted octanol–water partition coefficient (Wildman–Crippen LogP) is 6.54. The molecule has 0 bridgehead atoms. The molecule has 0 spiro atoms. The zero-order valence-electron chi connectivity index (χ0n) is 14.8. The van der Waals surface area contributed by atoms with Crippen LogP contribution in [-0.2, 0) is 6.54 Å². The number of likely N-dealkylation sites (tertiary alicyclic amines) is 1. The van der Waals surface area contributed by atoms with Gasteiger partial charge in [-0.2, -0.15) is 0 Å². The van der Waals surface area contributed by atoms with Gasteiger partial charge in [-0.3, -0.25) is 4.90 Å². The van der Waals surface area contributed by atoms with E-state index >= 15 is 0 Å². The van der Waals surface area contributed by atoms with Gasteiger partial charge in [0.05, 0.1) is 15.6 Å². The van der Waals surface area contributed by atoms with E-state index < -0.39 is 0 Å². The molecule has 4 rings (SSSR count). The van der Waals surface area contributed by atoms with E-state index in [1.165, 1.54) is 23.3 Å². The van der Waals surface area contributed by atoms with Crippen LogP contribution in [0.25, 0.3) is 10.9 Å². The number of halogens is 2. The van der Waals surface area contributed by atoms with E-state index in [0.29, 0.717) is 5.25 Å². The largest absolute Gasteiger partial charge is 0.356 e. The molecule has 2 heterocycles. The highest BCUT2D eigenvalue weighted by Crippen LogP contribution is 2.42. The summed E-state index contributed by atoms with van der Waals surface area (Å²) in [5, 5.41) is 3.21. The number of rotatable bonds is 4. The summed E-state index contributed by atoms with van der Waals surface area (Å²) in [5.74, 6) is 0. The number of benzene rings is 2. The van der Waals surface area contributed by atoms with Crippen LogP contribution < -0.4 is 0 Å². The van der Waals surface area contributed by atoms with Gasteiger partial charge in [-0.15, -0.1) is 11.8 Å². The van der Waals surface area contributed by atoms with Crippen LogP contribution in [0.2, 0.25) is 10.0 Å². The fraction of sp³-hybridized carbons (Fsp3) is 0.333. The third-order valence-corrected chi connectivity index (χ3v) is 7.23. The van der Waals surface area contributed by atoms with Gasteiger partial charge in [0.2, 0.25) is 0 Å². The van der Waals surface area contributed by atoms with Crippen molar-refractivity contribution in [2.24, 2.45) is 0 Å². The van der Waals surface area contributed by atoms with E-state index in [4.69, 9.17) is 23.2 Å². The normalized spacial score (nSPS) is 16.4. The number of aromatic amines is 1. The molecule has 0 amide bonds. The van der Waals surface area contributed by atoms with Gasteiger partial charge in [0, 0.05) is 27.8 Å². The van der Waals surface area contributed by atoms with Crippen molar-refractivity contribution in [3.05, 3.63) is 63.8 Å². The molecule has 136 valence electrons.